The Balaban J connectivity index is 1.51. The van der Waals surface area contributed by atoms with E-state index in [9.17, 15) is 9.59 Å². The van der Waals surface area contributed by atoms with E-state index >= 15 is 0 Å². The van der Waals surface area contributed by atoms with Crippen molar-refractivity contribution in [1.82, 2.24) is 15.1 Å². The van der Waals surface area contributed by atoms with E-state index in [0.29, 0.717) is 19.1 Å². The molecule has 29 heavy (non-hydrogen) atoms. The SMILES string of the molecule is Cc1ccc(NC(C)(C)C(=O)N[C@H]2C[C@H]3CO[C@@H](CC(=O)N(C)C)CN3C2)cc1. The summed E-state index contributed by atoms with van der Waals surface area (Å²) in [6, 6.07) is 8.45. The van der Waals surface area contributed by atoms with Crippen LogP contribution in [0.25, 0.3) is 0 Å². The Morgan fingerprint density at radius 1 is 1.21 bits per heavy atom. The minimum atomic E-state index is -0.713. The van der Waals surface area contributed by atoms with Crippen molar-refractivity contribution < 1.29 is 14.3 Å². The molecule has 3 rings (SSSR count). The summed E-state index contributed by atoms with van der Waals surface area (Å²) in [5.74, 6) is 0.0737. The molecule has 2 amide bonds. The molecule has 2 aliphatic rings. The largest absolute Gasteiger partial charge is 0.375 e. The van der Waals surface area contributed by atoms with Gasteiger partial charge in [-0.25, -0.2) is 0 Å². The number of benzene rings is 1. The molecule has 0 aliphatic carbocycles. The molecule has 0 unspecified atom stereocenters. The lowest BCUT2D eigenvalue weighted by Crippen LogP contribution is -2.52. The number of morpholine rings is 1. The van der Waals surface area contributed by atoms with Crippen LogP contribution >= 0.6 is 0 Å². The first-order valence-corrected chi connectivity index (χ1v) is 10.4. The smallest absolute Gasteiger partial charge is 0.245 e. The first-order valence-electron chi connectivity index (χ1n) is 10.4. The quantitative estimate of drug-likeness (QED) is 0.757. The van der Waals surface area contributed by atoms with Crippen LogP contribution in [0.2, 0.25) is 0 Å². The Bertz CT molecular complexity index is 732. The molecule has 7 nitrogen and oxygen atoms in total. The lowest BCUT2D eigenvalue weighted by molar-refractivity contribution is -0.134. The van der Waals surface area contributed by atoms with Gasteiger partial charge in [0.05, 0.1) is 19.1 Å². The fraction of sp³-hybridized carbons (Fsp3) is 0.636. The normalized spacial score (nSPS) is 24.7. The molecule has 0 aromatic heterocycles. The van der Waals surface area contributed by atoms with E-state index in [1.54, 1.807) is 19.0 Å². The first-order chi connectivity index (χ1) is 13.6. The minimum Gasteiger partial charge on any atom is -0.375 e. The van der Waals surface area contributed by atoms with Crippen molar-refractivity contribution in [3.05, 3.63) is 29.8 Å². The number of anilines is 1. The van der Waals surface area contributed by atoms with Crippen molar-refractivity contribution in [2.75, 3.05) is 39.1 Å². The Kier molecular flexibility index (Phi) is 6.49. The predicted molar refractivity (Wildman–Crippen MR) is 114 cm³/mol. The Labute approximate surface area is 173 Å². The van der Waals surface area contributed by atoms with Crippen LogP contribution in [-0.2, 0) is 14.3 Å². The highest BCUT2D eigenvalue weighted by atomic mass is 16.5. The molecule has 2 heterocycles. The second kappa shape index (κ2) is 8.71. The van der Waals surface area contributed by atoms with Crippen molar-refractivity contribution in [3.8, 4) is 0 Å². The third-order valence-electron chi connectivity index (χ3n) is 5.80. The highest BCUT2D eigenvalue weighted by molar-refractivity contribution is 5.88. The topological polar surface area (TPSA) is 73.9 Å². The van der Waals surface area contributed by atoms with Gasteiger partial charge in [-0.15, -0.1) is 0 Å². The summed E-state index contributed by atoms with van der Waals surface area (Å²) in [4.78, 5) is 28.8. The number of carbonyl (C=O) groups is 2. The summed E-state index contributed by atoms with van der Waals surface area (Å²) in [7, 11) is 3.53. The third kappa shape index (κ3) is 5.48. The van der Waals surface area contributed by atoms with E-state index < -0.39 is 5.54 Å². The van der Waals surface area contributed by atoms with Crippen LogP contribution in [0.4, 0.5) is 5.69 Å². The van der Waals surface area contributed by atoms with Crippen LogP contribution in [-0.4, -0.2) is 79.1 Å². The van der Waals surface area contributed by atoms with Crippen molar-refractivity contribution in [2.24, 2.45) is 0 Å². The fourth-order valence-corrected chi connectivity index (χ4v) is 3.97. The van der Waals surface area contributed by atoms with Gasteiger partial charge in [0.1, 0.15) is 5.54 Å². The number of ether oxygens (including phenoxy) is 1. The van der Waals surface area contributed by atoms with Gasteiger partial charge in [-0.3, -0.25) is 14.5 Å². The van der Waals surface area contributed by atoms with Gasteiger partial charge in [-0.05, 0) is 39.3 Å². The second-order valence-electron chi connectivity index (χ2n) is 9.08. The monoisotopic (exact) mass is 402 g/mol. The molecule has 2 aliphatic heterocycles. The summed E-state index contributed by atoms with van der Waals surface area (Å²) in [6.07, 6.45) is 1.21. The molecule has 0 radical (unpaired) electrons. The zero-order valence-electron chi connectivity index (χ0n) is 18.2. The van der Waals surface area contributed by atoms with Gasteiger partial charge in [0, 0.05) is 45.0 Å². The molecule has 0 bridgehead atoms. The Morgan fingerprint density at radius 3 is 2.55 bits per heavy atom. The molecule has 1 aromatic carbocycles. The molecule has 1 aromatic rings. The van der Waals surface area contributed by atoms with Crippen molar-refractivity contribution in [3.63, 3.8) is 0 Å². The number of hydrogen-bond donors (Lipinski definition) is 2. The number of nitrogens with zero attached hydrogens (tertiary/aromatic N) is 2. The van der Waals surface area contributed by atoms with Crippen molar-refractivity contribution in [2.45, 2.75) is 57.3 Å². The van der Waals surface area contributed by atoms with Gasteiger partial charge in [0.2, 0.25) is 11.8 Å². The lowest BCUT2D eigenvalue weighted by atomic mass is 10.0. The average Bonchev–Trinajstić information content (AvgIpc) is 3.04. The number of nitrogens with one attached hydrogen (secondary N) is 2. The number of carbonyl (C=O) groups excluding carboxylic acids is 2. The van der Waals surface area contributed by atoms with E-state index in [-0.39, 0.29) is 24.0 Å². The molecule has 7 heteroatoms. The first kappa shape index (κ1) is 21.6. The maximum atomic E-state index is 12.9. The predicted octanol–water partition coefficient (Wildman–Crippen LogP) is 1.62. The van der Waals surface area contributed by atoms with Gasteiger partial charge in [0.15, 0.2) is 0 Å². The van der Waals surface area contributed by atoms with Crippen LogP contribution < -0.4 is 10.6 Å². The van der Waals surface area contributed by atoms with Gasteiger partial charge in [-0.2, -0.15) is 0 Å². The van der Waals surface area contributed by atoms with E-state index in [2.05, 4.69) is 15.5 Å². The lowest BCUT2D eigenvalue weighted by Gasteiger charge is -2.35. The minimum absolute atomic E-state index is 0.0109. The second-order valence-corrected chi connectivity index (χ2v) is 9.08. The van der Waals surface area contributed by atoms with E-state index in [1.165, 1.54) is 5.56 Å². The highest BCUT2D eigenvalue weighted by Crippen LogP contribution is 2.25. The zero-order valence-corrected chi connectivity index (χ0v) is 18.2. The Hall–Kier alpha value is -2.12. The molecule has 2 fully saturated rings. The number of fused-ring (bicyclic) bond motifs is 1. The van der Waals surface area contributed by atoms with Crippen LogP contribution in [0.3, 0.4) is 0 Å². The molecule has 160 valence electrons. The molecular formula is C22H34N4O3. The molecule has 0 spiro atoms. The maximum absolute atomic E-state index is 12.9. The standard InChI is InChI=1S/C22H34N4O3/c1-15-6-8-16(9-7-15)24-22(2,3)21(28)23-17-10-18-14-29-19(13-26(18)12-17)11-20(27)25(4)5/h6-9,17-19,24H,10-14H2,1-5H3,(H,23,28)/t17-,18-,19-/m0/s1. The average molecular weight is 403 g/mol. The van der Waals surface area contributed by atoms with Crippen LogP contribution in [0.5, 0.6) is 0 Å². The molecule has 2 N–H and O–H groups in total. The van der Waals surface area contributed by atoms with E-state index in [4.69, 9.17) is 4.74 Å². The van der Waals surface area contributed by atoms with Gasteiger partial charge in [0.25, 0.3) is 0 Å². The van der Waals surface area contributed by atoms with Gasteiger partial charge < -0.3 is 20.3 Å². The van der Waals surface area contributed by atoms with Crippen LogP contribution in [0.1, 0.15) is 32.3 Å². The number of rotatable bonds is 6. The Morgan fingerprint density at radius 2 is 1.90 bits per heavy atom. The molecule has 0 saturated carbocycles. The van der Waals surface area contributed by atoms with Crippen molar-refractivity contribution >= 4 is 17.5 Å². The number of hydrogen-bond acceptors (Lipinski definition) is 5. The highest BCUT2D eigenvalue weighted by Gasteiger charge is 2.40. The van der Waals surface area contributed by atoms with Crippen molar-refractivity contribution in [1.29, 1.82) is 0 Å². The zero-order chi connectivity index (χ0) is 21.2. The van der Waals surface area contributed by atoms with Crippen LogP contribution in [0.15, 0.2) is 24.3 Å². The number of amides is 2. The molecular weight excluding hydrogens is 368 g/mol. The summed E-state index contributed by atoms with van der Waals surface area (Å²) in [5, 5.41) is 6.54. The summed E-state index contributed by atoms with van der Waals surface area (Å²) in [5.41, 5.74) is 1.41. The van der Waals surface area contributed by atoms with E-state index in [0.717, 1.165) is 25.2 Å². The molecule has 2 saturated heterocycles. The molecule has 3 atom stereocenters. The van der Waals surface area contributed by atoms with Crippen LogP contribution in [0, 0.1) is 6.92 Å². The van der Waals surface area contributed by atoms with E-state index in [1.807, 2.05) is 45.0 Å². The number of aryl methyl sites for hydroxylation is 1. The summed E-state index contributed by atoms with van der Waals surface area (Å²) in [6.45, 7) is 7.99. The summed E-state index contributed by atoms with van der Waals surface area (Å²) >= 11 is 0. The van der Waals surface area contributed by atoms with Gasteiger partial charge in [-0.1, -0.05) is 17.7 Å². The summed E-state index contributed by atoms with van der Waals surface area (Å²) < 4.78 is 5.91. The fourth-order valence-electron chi connectivity index (χ4n) is 3.97. The third-order valence-corrected chi connectivity index (χ3v) is 5.80. The van der Waals surface area contributed by atoms with Gasteiger partial charge >= 0.3 is 0 Å². The maximum Gasteiger partial charge on any atom is 0.245 e.